The molecule has 0 unspecified atom stereocenters. The van der Waals surface area contributed by atoms with Crippen molar-refractivity contribution in [3.05, 3.63) is 51.9 Å². The summed E-state index contributed by atoms with van der Waals surface area (Å²) in [6.45, 7) is 2.61. The van der Waals surface area contributed by atoms with E-state index in [9.17, 15) is 27.5 Å². The zero-order valence-corrected chi connectivity index (χ0v) is 17.2. The van der Waals surface area contributed by atoms with Crippen molar-refractivity contribution >= 4 is 23.4 Å². The van der Waals surface area contributed by atoms with Crippen LogP contribution in [0.25, 0.3) is 0 Å². The van der Waals surface area contributed by atoms with E-state index < -0.39 is 39.7 Å². The van der Waals surface area contributed by atoms with Gasteiger partial charge in [-0.25, -0.2) is 14.2 Å². The Kier molecular flexibility index (Phi) is 5.28. The molecule has 0 amide bonds. The van der Waals surface area contributed by atoms with Crippen molar-refractivity contribution in [3.63, 3.8) is 0 Å². The fourth-order valence-corrected chi connectivity index (χ4v) is 3.93. The summed E-state index contributed by atoms with van der Waals surface area (Å²) in [6.07, 6.45) is -2.81. The van der Waals surface area contributed by atoms with Gasteiger partial charge in [0, 0.05) is 18.5 Å². The third-order valence-electron chi connectivity index (χ3n) is 5.49. The highest BCUT2D eigenvalue weighted by Gasteiger charge is 2.42. The van der Waals surface area contributed by atoms with E-state index in [2.05, 4.69) is 4.98 Å². The van der Waals surface area contributed by atoms with Crippen molar-refractivity contribution in [2.75, 3.05) is 24.6 Å². The number of alkyl halides is 3. The molecule has 10 heteroatoms. The lowest BCUT2D eigenvalue weighted by Gasteiger charge is -2.48. The average Bonchev–Trinajstić information content (AvgIpc) is 3.49. The van der Waals surface area contributed by atoms with E-state index in [1.54, 1.807) is 4.90 Å². The van der Waals surface area contributed by atoms with Gasteiger partial charge < -0.3 is 14.7 Å². The molecule has 5 nitrogen and oxygen atoms in total. The first-order valence-electron chi connectivity index (χ1n) is 9.65. The number of aromatic nitrogens is 1. The highest BCUT2D eigenvalue weighted by molar-refractivity contribution is 6.31. The summed E-state index contributed by atoms with van der Waals surface area (Å²) in [4.78, 5) is 16.6. The van der Waals surface area contributed by atoms with Crippen LogP contribution in [0.3, 0.4) is 0 Å². The van der Waals surface area contributed by atoms with Gasteiger partial charge in [-0.15, -0.1) is 0 Å². The topological polar surface area (TPSA) is 62.7 Å². The number of nitrogens with zero attached hydrogens (tertiary/aromatic N) is 2. The minimum absolute atomic E-state index is 0.0767. The van der Waals surface area contributed by atoms with E-state index in [0.717, 1.165) is 24.5 Å². The van der Waals surface area contributed by atoms with E-state index in [4.69, 9.17) is 16.3 Å². The zero-order chi connectivity index (χ0) is 22.6. The van der Waals surface area contributed by atoms with E-state index in [1.807, 2.05) is 6.92 Å². The van der Waals surface area contributed by atoms with Gasteiger partial charge in [0.1, 0.15) is 5.82 Å². The Morgan fingerprint density at radius 2 is 2.00 bits per heavy atom. The largest absolute Gasteiger partial charge is 0.490 e. The molecule has 1 aromatic carbocycles. The lowest BCUT2D eigenvalue weighted by Crippen LogP contribution is -2.58. The summed E-state index contributed by atoms with van der Waals surface area (Å²) in [5.74, 6) is -2.05. The highest BCUT2D eigenvalue weighted by Crippen LogP contribution is 2.43. The Bertz CT molecular complexity index is 1030. The van der Waals surface area contributed by atoms with Crippen LogP contribution in [-0.4, -0.2) is 35.8 Å². The molecular weight excluding hydrogens is 440 g/mol. The van der Waals surface area contributed by atoms with Crippen LogP contribution in [0.4, 0.5) is 23.4 Å². The fraction of sp³-hybridized carbons (Fsp3) is 0.429. The Hall–Kier alpha value is -2.55. The molecule has 1 aromatic heterocycles. The van der Waals surface area contributed by atoms with E-state index in [1.165, 1.54) is 18.2 Å². The van der Waals surface area contributed by atoms with Gasteiger partial charge in [0.15, 0.2) is 17.3 Å². The lowest BCUT2D eigenvalue weighted by molar-refractivity contribution is -0.141. The number of carboxylic acids is 1. The molecule has 166 valence electrons. The molecule has 1 aliphatic carbocycles. The van der Waals surface area contributed by atoms with Crippen LogP contribution >= 0.6 is 11.6 Å². The molecule has 2 heterocycles. The Morgan fingerprint density at radius 3 is 2.58 bits per heavy atom. The van der Waals surface area contributed by atoms with Crippen LogP contribution in [0.5, 0.6) is 5.75 Å². The van der Waals surface area contributed by atoms with Crippen LogP contribution in [0, 0.1) is 11.2 Å². The fourth-order valence-electron chi connectivity index (χ4n) is 3.72. The number of ether oxygens (including phenoxy) is 1. The van der Waals surface area contributed by atoms with E-state index >= 15 is 0 Å². The van der Waals surface area contributed by atoms with Crippen LogP contribution in [0.2, 0.25) is 5.02 Å². The number of anilines is 1. The van der Waals surface area contributed by atoms with Crippen molar-refractivity contribution in [1.82, 2.24) is 4.98 Å². The number of pyridine rings is 1. The summed E-state index contributed by atoms with van der Waals surface area (Å²) in [5, 5.41) is 8.79. The van der Waals surface area contributed by atoms with Gasteiger partial charge in [-0.05, 0) is 48.6 Å². The summed E-state index contributed by atoms with van der Waals surface area (Å²) in [7, 11) is 0. The summed E-state index contributed by atoms with van der Waals surface area (Å²) in [6, 6.07) is 5.45. The van der Waals surface area contributed by atoms with Crippen molar-refractivity contribution < 1.29 is 32.2 Å². The molecule has 1 saturated heterocycles. The predicted octanol–water partition coefficient (Wildman–Crippen LogP) is 5.37. The Labute approximate surface area is 180 Å². The molecule has 2 fully saturated rings. The second kappa shape index (κ2) is 7.55. The van der Waals surface area contributed by atoms with E-state index in [0.29, 0.717) is 13.1 Å². The van der Waals surface area contributed by atoms with Crippen LogP contribution in [-0.2, 0) is 6.18 Å². The first-order valence-corrected chi connectivity index (χ1v) is 10.0. The Morgan fingerprint density at radius 1 is 1.32 bits per heavy atom. The van der Waals surface area contributed by atoms with Gasteiger partial charge in [0.25, 0.3) is 0 Å². The monoisotopic (exact) mass is 458 g/mol. The van der Waals surface area contributed by atoms with Gasteiger partial charge >= 0.3 is 12.1 Å². The molecule has 4 rings (SSSR count). The average molecular weight is 459 g/mol. The third-order valence-corrected chi connectivity index (χ3v) is 5.79. The minimum atomic E-state index is -4.66. The number of rotatable bonds is 6. The number of hydrogen-bond acceptors (Lipinski definition) is 4. The molecule has 0 atom stereocenters. The van der Waals surface area contributed by atoms with Gasteiger partial charge in [-0.3, -0.25) is 0 Å². The Balaban J connectivity index is 1.45. The molecule has 1 saturated carbocycles. The quantitative estimate of drug-likeness (QED) is 0.589. The van der Waals surface area contributed by atoms with Gasteiger partial charge in [0.05, 0.1) is 17.2 Å². The maximum atomic E-state index is 14.6. The highest BCUT2D eigenvalue weighted by atomic mass is 35.5. The van der Waals surface area contributed by atoms with Crippen LogP contribution < -0.4 is 9.64 Å². The first-order chi connectivity index (χ1) is 14.5. The molecule has 2 aliphatic rings. The molecule has 31 heavy (non-hydrogen) atoms. The molecule has 0 spiro atoms. The molecule has 0 bridgehead atoms. The zero-order valence-electron chi connectivity index (χ0n) is 16.5. The normalized spacial score (nSPS) is 17.9. The van der Waals surface area contributed by atoms with Gasteiger partial charge in [0.2, 0.25) is 0 Å². The number of carbonyl (C=O) groups is 1. The molecule has 1 aliphatic heterocycles. The van der Waals surface area contributed by atoms with Crippen LogP contribution in [0.15, 0.2) is 24.3 Å². The van der Waals surface area contributed by atoms with Gasteiger partial charge in [-0.1, -0.05) is 18.5 Å². The molecule has 0 radical (unpaired) electrons. The van der Waals surface area contributed by atoms with Crippen LogP contribution in [0.1, 0.15) is 47.3 Å². The molecule has 2 aromatic rings. The lowest BCUT2D eigenvalue weighted by atomic mass is 9.83. The van der Waals surface area contributed by atoms with Crippen molar-refractivity contribution in [2.45, 2.75) is 31.9 Å². The number of hydrogen-bond donors (Lipinski definition) is 1. The van der Waals surface area contributed by atoms with Crippen molar-refractivity contribution in [2.24, 2.45) is 5.41 Å². The van der Waals surface area contributed by atoms with Crippen molar-refractivity contribution in [1.29, 1.82) is 0 Å². The number of halogens is 5. The second-order valence-corrected chi connectivity index (χ2v) is 8.82. The number of aromatic carboxylic acids is 1. The maximum Gasteiger partial charge on any atom is 0.434 e. The number of carboxylic acid groups (broad SMARTS) is 1. The predicted molar refractivity (Wildman–Crippen MR) is 105 cm³/mol. The number of benzene rings is 1. The molecule has 1 N–H and O–H groups in total. The standard InChI is InChI=1S/C21H19ClF4N2O3/c1-20(8-28(9-20)16-5-4-14(22)18(27-16)21(24,25)26)10-31-15-7-12(11-2-3-11)6-13(17(15)23)19(29)30/h4-7,11H,2-3,8-10H2,1H3,(H,29,30). The summed E-state index contributed by atoms with van der Waals surface area (Å²) in [5.41, 5.74) is -1.30. The SMILES string of the molecule is CC1(COc2cc(C3CC3)cc(C(=O)O)c2F)CN(c2ccc(Cl)c(C(F)(F)F)n2)C1. The molecular formula is C21H19ClF4N2O3. The van der Waals surface area contributed by atoms with Crippen molar-refractivity contribution in [3.8, 4) is 5.75 Å². The van der Waals surface area contributed by atoms with Gasteiger partial charge in [-0.2, -0.15) is 13.2 Å². The second-order valence-electron chi connectivity index (χ2n) is 8.41. The first kappa shape index (κ1) is 21.7. The summed E-state index contributed by atoms with van der Waals surface area (Å²) >= 11 is 5.61. The maximum absolute atomic E-state index is 14.6. The summed E-state index contributed by atoms with van der Waals surface area (Å²) < 4.78 is 59.3. The minimum Gasteiger partial charge on any atom is -0.490 e. The smallest absolute Gasteiger partial charge is 0.434 e. The van der Waals surface area contributed by atoms with E-state index in [-0.39, 0.29) is 24.1 Å². The third kappa shape index (κ3) is 4.42.